The molecule has 7 heteroatoms. The molecule has 24 heavy (non-hydrogen) atoms. The standard InChI is InChI=1S/C17H24N2O4S/c1-18(12-17(20)21)15-7-9-19(10-8-15)24(22,23)16-6-5-13-3-2-4-14(13)11-16/h5-6,11,15H,2-4,7-10,12H2,1H3,(H,20,21). The zero-order valence-electron chi connectivity index (χ0n) is 13.9. The van der Waals surface area contributed by atoms with E-state index in [0.29, 0.717) is 30.8 Å². The number of nitrogens with zero attached hydrogens (tertiary/aromatic N) is 2. The summed E-state index contributed by atoms with van der Waals surface area (Å²) in [5.41, 5.74) is 2.43. The number of hydrogen-bond acceptors (Lipinski definition) is 4. The van der Waals surface area contributed by atoms with Gasteiger partial charge in [-0.1, -0.05) is 6.07 Å². The maximum absolute atomic E-state index is 12.9. The van der Waals surface area contributed by atoms with Crippen LogP contribution in [0.15, 0.2) is 23.1 Å². The summed E-state index contributed by atoms with van der Waals surface area (Å²) >= 11 is 0. The summed E-state index contributed by atoms with van der Waals surface area (Å²) < 4.78 is 27.3. The second-order valence-electron chi connectivity index (χ2n) is 6.73. The van der Waals surface area contributed by atoms with Crippen LogP contribution < -0.4 is 0 Å². The lowest BCUT2D eigenvalue weighted by atomic mass is 10.1. The Hall–Kier alpha value is -1.44. The third-order valence-corrected chi connectivity index (χ3v) is 7.03. The van der Waals surface area contributed by atoms with Crippen LogP contribution in [0.4, 0.5) is 0 Å². The molecule has 0 unspecified atom stereocenters. The van der Waals surface area contributed by atoms with Crippen LogP contribution in [-0.4, -0.2) is 61.4 Å². The predicted octanol–water partition coefficient (Wildman–Crippen LogP) is 1.34. The Balaban J connectivity index is 1.68. The number of carbonyl (C=O) groups is 1. The van der Waals surface area contributed by atoms with Gasteiger partial charge in [-0.15, -0.1) is 0 Å². The minimum Gasteiger partial charge on any atom is -0.480 e. The molecule has 1 aromatic carbocycles. The maximum Gasteiger partial charge on any atom is 0.317 e. The molecule has 0 amide bonds. The van der Waals surface area contributed by atoms with E-state index in [4.69, 9.17) is 5.11 Å². The molecule has 132 valence electrons. The van der Waals surface area contributed by atoms with Crippen molar-refractivity contribution in [3.05, 3.63) is 29.3 Å². The fourth-order valence-corrected chi connectivity index (χ4v) is 5.24. The van der Waals surface area contributed by atoms with Crippen LogP contribution in [0.25, 0.3) is 0 Å². The summed E-state index contributed by atoms with van der Waals surface area (Å²) in [4.78, 5) is 13.0. The molecule has 0 aromatic heterocycles. The van der Waals surface area contributed by atoms with E-state index in [9.17, 15) is 13.2 Å². The smallest absolute Gasteiger partial charge is 0.317 e. The number of carboxylic acid groups (broad SMARTS) is 1. The van der Waals surface area contributed by atoms with Crippen molar-refractivity contribution < 1.29 is 18.3 Å². The number of aryl methyl sites for hydroxylation is 2. The highest BCUT2D eigenvalue weighted by Crippen LogP contribution is 2.28. The van der Waals surface area contributed by atoms with Crippen LogP contribution >= 0.6 is 0 Å². The number of likely N-dealkylation sites (N-methyl/N-ethyl adjacent to an activating group) is 1. The van der Waals surface area contributed by atoms with Crippen LogP contribution in [-0.2, 0) is 27.7 Å². The van der Waals surface area contributed by atoms with Crippen molar-refractivity contribution >= 4 is 16.0 Å². The Kier molecular flexibility index (Phi) is 4.94. The average molecular weight is 352 g/mol. The minimum absolute atomic E-state index is 0.0117. The first kappa shape index (κ1) is 17.4. The molecule has 0 radical (unpaired) electrons. The van der Waals surface area contributed by atoms with Crippen molar-refractivity contribution in [3.8, 4) is 0 Å². The molecule has 1 aliphatic heterocycles. The Bertz CT molecular complexity index is 724. The molecular formula is C17H24N2O4S. The fraction of sp³-hybridized carbons (Fsp3) is 0.588. The summed E-state index contributed by atoms with van der Waals surface area (Å²) in [5, 5.41) is 8.87. The van der Waals surface area contributed by atoms with Crippen LogP contribution in [0.1, 0.15) is 30.4 Å². The molecule has 0 saturated carbocycles. The van der Waals surface area contributed by atoms with Gasteiger partial charge in [0.25, 0.3) is 0 Å². The highest BCUT2D eigenvalue weighted by molar-refractivity contribution is 7.89. The van der Waals surface area contributed by atoms with Crippen LogP contribution in [0.5, 0.6) is 0 Å². The number of rotatable bonds is 5. The SMILES string of the molecule is CN(CC(=O)O)C1CCN(S(=O)(=O)c2ccc3c(c2)CCC3)CC1. The zero-order valence-corrected chi connectivity index (χ0v) is 14.8. The summed E-state index contributed by atoms with van der Waals surface area (Å²) in [6.45, 7) is 0.865. The van der Waals surface area contributed by atoms with E-state index in [1.54, 1.807) is 18.0 Å². The number of aliphatic carboxylic acids is 1. The lowest BCUT2D eigenvalue weighted by Gasteiger charge is -2.35. The molecule has 2 aliphatic rings. The first-order chi connectivity index (χ1) is 11.4. The van der Waals surface area contributed by atoms with Gasteiger partial charge >= 0.3 is 5.97 Å². The predicted molar refractivity (Wildman–Crippen MR) is 90.5 cm³/mol. The van der Waals surface area contributed by atoms with E-state index in [-0.39, 0.29) is 12.6 Å². The Morgan fingerprint density at radius 1 is 1.25 bits per heavy atom. The molecule has 3 rings (SSSR count). The van der Waals surface area contributed by atoms with Gasteiger partial charge in [-0.05, 0) is 62.4 Å². The number of piperidine rings is 1. The van der Waals surface area contributed by atoms with E-state index < -0.39 is 16.0 Å². The average Bonchev–Trinajstić information content (AvgIpc) is 3.02. The summed E-state index contributed by atoms with van der Waals surface area (Å²) in [6.07, 6.45) is 4.42. The molecule has 1 aliphatic carbocycles. The number of fused-ring (bicyclic) bond motifs is 1. The van der Waals surface area contributed by atoms with E-state index in [1.807, 2.05) is 12.1 Å². The Morgan fingerprint density at radius 3 is 2.58 bits per heavy atom. The first-order valence-electron chi connectivity index (χ1n) is 8.42. The van der Waals surface area contributed by atoms with Gasteiger partial charge in [0.2, 0.25) is 10.0 Å². The van der Waals surface area contributed by atoms with Crippen molar-refractivity contribution in [2.24, 2.45) is 0 Å². The van der Waals surface area contributed by atoms with Gasteiger partial charge in [0.05, 0.1) is 11.4 Å². The summed E-state index contributed by atoms with van der Waals surface area (Å²) in [7, 11) is -1.68. The van der Waals surface area contributed by atoms with Gasteiger partial charge < -0.3 is 5.11 Å². The second kappa shape index (κ2) is 6.82. The van der Waals surface area contributed by atoms with E-state index in [1.165, 1.54) is 9.87 Å². The van der Waals surface area contributed by atoms with E-state index >= 15 is 0 Å². The normalized spacial score (nSPS) is 19.6. The molecule has 6 nitrogen and oxygen atoms in total. The lowest BCUT2D eigenvalue weighted by molar-refractivity contribution is -0.138. The fourth-order valence-electron chi connectivity index (χ4n) is 3.72. The van der Waals surface area contributed by atoms with Crippen LogP contribution in [0.3, 0.4) is 0 Å². The highest BCUT2D eigenvalue weighted by Gasteiger charge is 2.31. The molecule has 0 bridgehead atoms. The van der Waals surface area contributed by atoms with Crippen LogP contribution in [0.2, 0.25) is 0 Å². The van der Waals surface area contributed by atoms with Crippen molar-refractivity contribution in [1.82, 2.24) is 9.21 Å². The zero-order chi connectivity index (χ0) is 17.3. The third kappa shape index (κ3) is 3.48. The number of sulfonamides is 1. The molecule has 1 saturated heterocycles. The Morgan fingerprint density at radius 2 is 1.92 bits per heavy atom. The molecule has 0 spiro atoms. The van der Waals surface area contributed by atoms with Gasteiger partial charge in [0.15, 0.2) is 0 Å². The van der Waals surface area contributed by atoms with Gasteiger partial charge in [-0.2, -0.15) is 4.31 Å². The molecule has 1 aromatic rings. The molecule has 1 heterocycles. The molecule has 1 N–H and O–H groups in total. The largest absolute Gasteiger partial charge is 0.480 e. The first-order valence-corrected chi connectivity index (χ1v) is 9.86. The van der Waals surface area contributed by atoms with Gasteiger partial charge in [-0.3, -0.25) is 9.69 Å². The maximum atomic E-state index is 12.9. The van der Waals surface area contributed by atoms with Gasteiger partial charge in [0.1, 0.15) is 0 Å². The topological polar surface area (TPSA) is 77.9 Å². The van der Waals surface area contributed by atoms with Crippen LogP contribution in [0, 0.1) is 0 Å². The molecular weight excluding hydrogens is 328 g/mol. The van der Waals surface area contributed by atoms with Crippen molar-refractivity contribution in [2.75, 3.05) is 26.7 Å². The van der Waals surface area contributed by atoms with E-state index in [0.717, 1.165) is 24.8 Å². The van der Waals surface area contributed by atoms with Crippen molar-refractivity contribution in [2.45, 2.75) is 43.0 Å². The lowest BCUT2D eigenvalue weighted by Crippen LogP contribution is -2.46. The second-order valence-corrected chi connectivity index (χ2v) is 8.67. The van der Waals surface area contributed by atoms with Crippen molar-refractivity contribution in [3.63, 3.8) is 0 Å². The summed E-state index contributed by atoms with van der Waals surface area (Å²) in [6, 6.07) is 5.62. The number of carboxylic acids is 1. The van der Waals surface area contributed by atoms with Gasteiger partial charge in [-0.25, -0.2) is 8.42 Å². The number of hydrogen-bond donors (Lipinski definition) is 1. The van der Waals surface area contributed by atoms with E-state index in [2.05, 4.69) is 0 Å². The quantitative estimate of drug-likeness (QED) is 0.865. The van der Waals surface area contributed by atoms with Gasteiger partial charge in [0, 0.05) is 19.1 Å². The monoisotopic (exact) mass is 352 g/mol. The third-order valence-electron chi connectivity index (χ3n) is 5.14. The summed E-state index contributed by atoms with van der Waals surface area (Å²) in [5.74, 6) is -0.856. The number of benzene rings is 1. The molecule has 1 fully saturated rings. The Labute approximate surface area is 143 Å². The highest BCUT2D eigenvalue weighted by atomic mass is 32.2. The molecule has 0 atom stereocenters. The van der Waals surface area contributed by atoms with Crippen molar-refractivity contribution in [1.29, 1.82) is 0 Å². The minimum atomic E-state index is -3.46.